The Kier molecular flexibility index (Phi) is 3.79. The number of aryl methyl sites for hydroxylation is 1. The Balaban J connectivity index is 2.23. The van der Waals surface area contributed by atoms with Gasteiger partial charge in [0.05, 0.1) is 22.2 Å². The lowest BCUT2D eigenvalue weighted by molar-refractivity contribution is 0.598. The number of nitrogens with two attached hydrogens (primary N) is 1. The van der Waals surface area contributed by atoms with E-state index in [1.54, 1.807) is 6.20 Å². The van der Waals surface area contributed by atoms with Crippen LogP contribution in [-0.2, 0) is 23.6 Å². The third kappa shape index (κ3) is 3.25. The summed E-state index contributed by atoms with van der Waals surface area (Å²) >= 11 is 6.00. The highest BCUT2D eigenvalue weighted by atomic mass is 35.5. The zero-order valence-corrected chi connectivity index (χ0v) is 11.7. The Labute approximate surface area is 116 Å². The minimum Gasteiger partial charge on any atom is -0.377 e. The van der Waals surface area contributed by atoms with Crippen molar-refractivity contribution in [3.8, 4) is 0 Å². The third-order valence-corrected chi connectivity index (χ3v) is 3.86. The zero-order valence-electron chi connectivity index (χ0n) is 10.2. The van der Waals surface area contributed by atoms with Gasteiger partial charge in [-0.2, -0.15) is 0 Å². The van der Waals surface area contributed by atoms with E-state index in [-0.39, 0.29) is 4.90 Å². The maximum atomic E-state index is 11.3. The van der Waals surface area contributed by atoms with Gasteiger partial charge >= 0.3 is 0 Å². The molecule has 0 fully saturated rings. The van der Waals surface area contributed by atoms with Gasteiger partial charge in [0, 0.05) is 19.4 Å². The lowest BCUT2D eigenvalue weighted by Crippen LogP contribution is -2.13. The molecule has 2 rings (SSSR count). The van der Waals surface area contributed by atoms with Crippen LogP contribution in [0.3, 0.4) is 0 Å². The number of hydrogen-bond donors (Lipinski definition) is 2. The molecular formula is C11H13ClN4O2S. The summed E-state index contributed by atoms with van der Waals surface area (Å²) in [6.45, 7) is 0.428. The molecule has 1 aromatic heterocycles. The number of imidazole rings is 1. The molecule has 19 heavy (non-hydrogen) atoms. The average Bonchev–Trinajstić information content (AvgIpc) is 2.72. The second-order valence-corrected chi connectivity index (χ2v) is 5.96. The first-order valence-electron chi connectivity index (χ1n) is 5.40. The normalized spacial score (nSPS) is 11.5. The Morgan fingerprint density at radius 1 is 1.47 bits per heavy atom. The van der Waals surface area contributed by atoms with Crippen LogP contribution in [0.2, 0.25) is 5.02 Å². The quantitative estimate of drug-likeness (QED) is 0.891. The number of benzene rings is 1. The smallest absolute Gasteiger partial charge is 0.238 e. The predicted octanol–water partition coefficient (Wildman–Crippen LogP) is 1.33. The van der Waals surface area contributed by atoms with Crippen LogP contribution in [0.4, 0.5) is 5.69 Å². The van der Waals surface area contributed by atoms with E-state index < -0.39 is 10.0 Å². The van der Waals surface area contributed by atoms with Crippen LogP contribution in [0.1, 0.15) is 5.82 Å². The molecule has 0 saturated heterocycles. The summed E-state index contributed by atoms with van der Waals surface area (Å²) in [6.07, 6.45) is 3.50. The number of sulfonamides is 1. The monoisotopic (exact) mass is 300 g/mol. The van der Waals surface area contributed by atoms with Crippen LogP contribution in [0, 0.1) is 0 Å². The third-order valence-electron chi connectivity index (χ3n) is 2.62. The maximum Gasteiger partial charge on any atom is 0.238 e. The van der Waals surface area contributed by atoms with Gasteiger partial charge in [-0.05, 0) is 18.2 Å². The average molecular weight is 301 g/mol. The Bertz CT molecular complexity index is 696. The fourth-order valence-corrected chi connectivity index (χ4v) is 2.28. The summed E-state index contributed by atoms with van der Waals surface area (Å²) < 4.78 is 24.4. The van der Waals surface area contributed by atoms with E-state index in [1.807, 2.05) is 17.8 Å². The molecule has 6 nitrogen and oxygen atoms in total. The molecule has 0 saturated carbocycles. The molecule has 0 bridgehead atoms. The van der Waals surface area contributed by atoms with Gasteiger partial charge in [0.1, 0.15) is 5.82 Å². The molecule has 0 radical (unpaired) electrons. The van der Waals surface area contributed by atoms with Crippen LogP contribution in [0.5, 0.6) is 0 Å². The van der Waals surface area contributed by atoms with Gasteiger partial charge in [-0.25, -0.2) is 18.5 Å². The molecule has 0 amide bonds. The van der Waals surface area contributed by atoms with Crippen molar-refractivity contribution in [1.29, 1.82) is 0 Å². The van der Waals surface area contributed by atoms with Crippen LogP contribution in [0.15, 0.2) is 35.5 Å². The van der Waals surface area contributed by atoms with E-state index in [0.29, 0.717) is 17.3 Å². The van der Waals surface area contributed by atoms with Crippen molar-refractivity contribution in [3.63, 3.8) is 0 Å². The van der Waals surface area contributed by atoms with Crippen LogP contribution < -0.4 is 10.5 Å². The number of nitrogens with zero attached hydrogens (tertiary/aromatic N) is 2. The summed E-state index contributed by atoms with van der Waals surface area (Å²) in [7, 11) is -1.87. The molecule has 3 N–H and O–H groups in total. The first-order valence-corrected chi connectivity index (χ1v) is 7.33. The fourth-order valence-electron chi connectivity index (χ4n) is 1.56. The standard InChI is InChI=1S/C11H13ClN4O2S/c1-16-5-4-14-11(16)7-15-10-6-8(19(13,17)18)2-3-9(10)12/h2-6,15H,7H2,1H3,(H2,13,17,18). The van der Waals surface area contributed by atoms with Gasteiger partial charge in [0.15, 0.2) is 0 Å². The van der Waals surface area contributed by atoms with E-state index in [0.717, 1.165) is 5.82 Å². The second kappa shape index (κ2) is 5.20. The van der Waals surface area contributed by atoms with Gasteiger partial charge in [-0.1, -0.05) is 11.6 Å². The number of halogens is 1. The number of anilines is 1. The number of aromatic nitrogens is 2. The lowest BCUT2D eigenvalue weighted by atomic mass is 10.3. The highest BCUT2D eigenvalue weighted by Gasteiger charge is 2.11. The van der Waals surface area contributed by atoms with Crippen molar-refractivity contribution in [1.82, 2.24) is 9.55 Å². The van der Waals surface area contributed by atoms with Crippen LogP contribution >= 0.6 is 11.6 Å². The summed E-state index contributed by atoms with van der Waals surface area (Å²) in [5.74, 6) is 0.803. The van der Waals surface area contributed by atoms with Crippen LogP contribution in [0.25, 0.3) is 0 Å². The number of hydrogen-bond acceptors (Lipinski definition) is 4. The number of primary sulfonamides is 1. The molecule has 1 heterocycles. The molecule has 0 unspecified atom stereocenters. The number of nitrogens with one attached hydrogen (secondary N) is 1. The van der Waals surface area contributed by atoms with Crippen molar-refractivity contribution in [2.45, 2.75) is 11.4 Å². The van der Waals surface area contributed by atoms with Gasteiger partial charge in [-0.15, -0.1) is 0 Å². The zero-order chi connectivity index (χ0) is 14.0. The second-order valence-electron chi connectivity index (χ2n) is 3.99. The molecule has 2 aromatic rings. The Hall–Kier alpha value is -1.57. The first kappa shape index (κ1) is 13.9. The Morgan fingerprint density at radius 3 is 2.79 bits per heavy atom. The fraction of sp³-hybridized carbons (Fsp3) is 0.182. The van der Waals surface area contributed by atoms with Crippen molar-refractivity contribution < 1.29 is 8.42 Å². The summed E-state index contributed by atoms with van der Waals surface area (Å²) in [5.41, 5.74) is 0.496. The molecule has 0 atom stereocenters. The highest BCUT2D eigenvalue weighted by Crippen LogP contribution is 2.25. The maximum absolute atomic E-state index is 11.3. The summed E-state index contributed by atoms with van der Waals surface area (Å²) in [6, 6.07) is 4.26. The van der Waals surface area contributed by atoms with E-state index in [4.69, 9.17) is 16.7 Å². The van der Waals surface area contributed by atoms with E-state index in [1.165, 1.54) is 18.2 Å². The minimum atomic E-state index is -3.74. The summed E-state index contributed by atoms with van der Waals surface area (Å²) in [5, 5.41) is 8.53. The van der Waals surface area contributed by atoms with Crippen molar-refractivity contribution in [3.05, 3.63) is 41.4 Å². The van der Waals surface area contributed by atoms with Gasteiger partial charge in [-0.3, -0.25) is 0 Å². The van der Waals surface area contributed by atoms with Crippen LogP contribution in [-0.4, -0.2) is 18.0 Å². The van der Waals surface area contributed by atoms with E-state index in [2.05, 4.69) is 10.3 Å². The van der Waals surface area contributed by atoms with Crippen molar-refractivity contribution in [2.75, 3.05) is 5.32 Å². The summed E-state index contributed by atoms with van der Waals surface area (Å²) in [4.78, 5) is 4.16. The van der Waals surface area contributed by atoms with E-state index in [9.17, 15) is 8.42 Å². The topological polar surface area (TPSA) is 90.0 Å². The SMILES string of the molecule is Cn1ccnc1CNc1cc(S(N)(=O)=O)ccc1Cl. The Morgan fingerprint density at radius 2 is 2.21 bits per heavy atom. The highest BCUT2D eigenvalue weighted by molar-refractivity contribution is 7.89. The molecule has 0 aliphatic rings. The predicted molar refractivity (Wildman–Crippen MR) is 73.4 cm³/mol. The molecule has 8 heteroatoms. The van der Waals surface area contributed by atoms with Gasteiger partial charge < -0.3 is 9.88 Å². The van der Waals surface area contributed by atoms with Gasteiger partial charge in [0.25, 0.3) is 0 Å². The molecule has 1 aromatic carbocycles. The van der Waals surface area contributed by atoms with Crippen molar-refractivity contribution in [2.24, 2.45) is 12.2 Å². The van der Waals surface area contributed by atoms with Crippen molar-refractivity contribution >= 4 is 27.3 Å². The molecular weight excluding hydrogens is 288 g/mol. The molecule has 0 spiro atoms. The minimum absolute atomic E-state index is 0.0132. The molecule has 102 valence electrons. The molecule has 0 aliphatic carbocycles. The van der Waals surface area contributed by atoms with E-state index >= 15 is 0 Å². The largest absolute Gasteiger partial charge is 0.377 e. The molecule has 0 aliphatic heterocycles. The first-order chi connectivity index (χ1) is 8.88. The van der Waals surface area contributed by atoms with Gasteiger partial charge in [0.2, 0.25) is 10.0 Å². The lowest BCUT2D eigenvalue weighted by Gasteiger charge is -2.09. The number of rotatable bonds is 4.